The van der Waals surface area contributed by atoms with E-state index in [-0.39, 0.29) is 4.90 Å². The van der Waals surface area contributed by atoms with E-state index in [0.717, 1.165) is 6.07 Å². The lowest BCUT2D eigenvalue weighted by Gasteiger charge is -2.36. The smallest absolute Gasteiger partial charge is 0.244 e. The van der Waals surface area contributed by atoms with Crippen molar-refractivity contribution in [3.8, 4) is 0 Å². The molecule has 0 aromatic heterocycles. The number of ether oxygens (including phenoxy) is 1. The second-order valence-corrected chi connectivity index (χ2v) is 7.83. The zero-order chi connectivity index (χ0) is 14.8. The van der Waals surface area contributed by atoms with E-state index in [0.29, 0.717) is 35.9 Å². The van der Waals surface area contributed by atoms with Gasteiger partial charge in [0.2, 0.25) is 10.0 Å². The van der Waals surface area contributed by atoms with Crippen molar-refractivity contribution in [2.24, 2.45) is 0 Å². The molecule has 0 radical (unpaired) electrons. The van der Waals surface area contributed by atoms with Gasteiger partial charge in [0.25, 0.3) is 0 Å². The van der Waals surface area contributed by atoms with Gasteiger partial charge in [0.1, 0.15) is 10.7 Å². The van der Waals surface area contributed by atoms with E-state index >= 15 is 0 Å². The van der Waals surface area contributed by atoms with Crippen molar-refractivity contribution < 1.29 is 17.5 Å². The van der Waals surface area contributed by atoms with E-state index in [1.165, 1.54) is 12.1 Å². The molecule has 1 aromatic rings. The van der Waals surface area contributed by atoms with Crippen molar-refractivity contribution in [3.05, 3.63) is 28.5 Å². The van der Waals surface area contributed by atoms with Crippen molar-refractivity contribution in [2.75, 3.05) is 18.5 Å². The summed E-state index contributed by atoms with van der Waals surface area (Å²) in [6.45, 7) is 0.966. The van der Waals surface area contributed by atoms with Crippen LogP contribution in [0.25, 0.3) is 0 Å². The Morgan fingerprint density at radius 1 is 1.35 bits per heavy atom. The van der Waals surface area contributed by atoms with Gasteiger partial charge in [-0.1, -0.05) is 31.9 Å². The number of hydrogen-bond donors (Lipinski definition) is 1. The van der Waals surface area contributed by atoms with E-state index in [9.17, 15) is 12.8 Å². The van der Waals surface area contributed by atoms with Crippen molar-refractivity contribution in [1.29, 1.82) is 0 Å². The van der Waals surface area contributed by atoms with Gasteiger partial charge in [-0.15, -0.1) is 0 Å². The number of benzene rings is 1. The summed E-state index contributed by atoms with van der Waals surface area (Å²) in [5, 5.41) is 0.459. The van der Waals surface area contributed by atoms with E-state index in [1.807, 2.05) is 0 Å². The zero-order valence-corrected chi connectivity index (χ0v) is 14.5. The third-order valence-corrected chi connectivity index (χ3v) is 6.42. The maximum absolute atomic E-state index is 13.8. The third-order valence-electron chi connectivity index (χ3n) is 3.24. The van der Waals surface area contributed by atoms with Gasteiger partial charge in [-0.3, -0.25) is 0 Å². The lowest BCUT2D eigenvalue weighted by molar-refractivity contribution is 0.0557. The van der Waals surface area contributed by atoms with Crippen LogP contribution in [0.15, 0.2) is 27.6 Å². The van der Waals surface area contributed by atoms with E-state index in [2.05, 4.69) is 36.6 Å². The molecule has 0 spiro atoms. The summed E-state index contributed by atoms with van der Waals surface area (Å²) in [6.07, 6.45) is 1.10. The molecule has 1 aliphatic rings. The molecule has 1 N–H and O–H groups in total. The second kappa shape index (κ2) is 6.39. The molecule has 1 aromatic carbocycles. The Balaban J connectivity index is 2.30. The van der Waals surface area contributed by atoms with Crippen molar-refractivity contribution in [1.82, 2.24) is 4.72 Å². The molecule has 4 nitrogen and oxygen atoms in total. The summed E-state index contributed by atoms with van der Waals surface area (Å²) < 4.78 is 47.0. The van der Waals surface area contributed by atoms with E-state index in [4.69, 9.17) is 4.74 Å². The van der Waals surface area contributed by atoms with Crippen LogP contribution in [-0.4, -0.2) is 32.5 Å². The quantitative estimate of drug-likeness (QED) is 0.747. The third kappa shape index (κ3) is 3.59. The van der Waals surface area contributed by atoms with Gasteiger partial charge in [0.05, 0.1) is 0 Å². The number of halogens is 3. The molecule has 0 bridgehead atoms. The summed E-state index contributed by atoms with van der Waals surface area (Å²) in [4.78, 5) is -0.340. The summed E-state index contributed by atoms with van der Waals surface area (Å²) in [5.41, 5.74) is -0.628. The molecule has 112 valence electrons. The topological polar surface area (TPSA) is 55.4 Å². The Morgan fingerprint density at radius 2 is 2.00 bits per heavy atom. The van der Waals surface area contributed by atoms with Crippen LogP contribution in [-0.2, 0) is 14.8 Å². The average Bonchev–Trinajstić information content (AvgIpc) is 2.38. The molecule has 1 heterocycles. The first-order valence-electron chi connectivity index (χ1n) is 6.01. The van der Waals surface area contributed by atoms with Gasteiger partial charge >= 0.3 is 0 Å². The molecule has 0 aliphatic carbocycles. The summed E-state index contributed by atoms with van der Waals surface area (Å²) in [7, 11) is -3.91. The number of alkyl halides is 1. The highest BCUT2D eigenvalue weighted by Crippen LogP contribution is 2.27. The minimum Gasteiger partial charge on any atom is -0.381 e. The molecule has 2 rings (SSSR count). The monoisotopic (exact) mass is 429 g/mol. The maximum atomic E-state index is 13.8. The zero-order valence-electron chi connectivity index (χ0n) is 10.5. The molecule has 0 amide bonds. The highest BCUT2D eigenvalue weighted by molar-refractivity contribution is 9.10. The fourth-order valence-electron chi connectivity index (χ4n) is 2.06. The summed E-state index contributed by atoms with van der Waals surface area (Å²) in [5.74, 6) is -0.774. The van der Waals surface area contributed by atoms with Crippen LogP contribution in [0.2, 0.25) is 0 Å². The van der Waals surface area contributed by atoms with Gasteiger partial charge in [-0.25, -0.2) is 17.5 Å². The van der Waals surface area contributed by atoms with Crippen LogP contribution in [0.3, 0.4) is 0 Å². The van der Waals surface area contributed by atoms with Crippen LogP contribution in [0.4, 0.5) is 4.39 Å². The summed E-state index contributed by atoms with van der Waals surface area (Å²) in [6, 6.07) is 3.89. The SMILES string of the molecule is O=S(=O)(NC1(CBr)CCOCC1)c1ccc(Br)cc1F. The van der Waals surface area contributed by atoms with Gasteiger partial charge < -0.3 is 4.74 Å². The predicted octanol–water partition coefficient (Wildman–Crippen LogP) is 2.81. The predicted molar refractivity (Wildman–Crippen MR) is 81.0 cm³/mol. The first-order valence-corrected chi connectivity index (χ1v) is 9.41. The average molecular weight is 431 g/mol. The molecular formula is C12H14Br2FNO3S. The van der Waals surface area contributed by atoms with Crippen molar-refractivity contribution >= 4 is 41.9 Å². The molecule has 0 atom stereocenters. The van der Waals surface area contributed by atoms with Gasteiger partial charge in [0, 0.05) is 28.6 Å². The number of nitrogens with one attached hydrogen (secondary N) is 1. The van der Waals surface area contributed by atoms with Crippen molar-refractivity contribution in [3.63, 3.8) is 0 Å². The Hall–Kier alpha value is -0.0200. The molecule has 8 heteroatoms. The molecule has 0 unspecified atom stereocenters. The Morgan fingerprint density at radius 3 is 2.55 bits per heavy atom. The largest absolute Gasteiger partial charge is 0.381 e. The van der Waals surface area contributed by atoms with Crippen molar-refractivity contribution in [2.45, 2.75) is 23.3 Å². The van der Waals surface area contributed by atoms with E-state index < -0.39 is 21.4 Å². The standard InChI is InChI=1S/C12H14Br2FNO3S/c13-8-12(3-5-19-6-4-12)16-20(17,18)11-2-1-9(14)7-10(11)15/h1-2,7,16H,3-6,8H2. The minimum atomic E-state index is -3.91. The summed E-state index contributed by atoms with van der Waals surface area (Å²) >= 11 is 6.45. The molecule has 1 fully saturated rings. The van der Waals surface area contributed by atoms with Crippen LogP contribution in [0, 0.1) is 5.82 Å². The Kier molecular flexibility index (Phi) is 5.23. The minimum absolute atomic E-state index is 0.340. The van der Waals surface area contributed by atoms with Crippen LogP contribution < -0.4 is 4.72 Å². The van der Waals surface area contributed by atoms with Gasteiger partial charge in [-0.2, -0.15) is 0 Å². The first kappa shape index (κ1) is 16.4. The number of rotatable bonds is 4. The van der Waals surface area contributed by atoms with Crippen LogP contribution >= 0.6 is 31.9 Å². The molecule has 20 heavy (non-hydrogen) atoms. The number of hydrogen-bond acceptors (Lipinski definition) is 3. The fraction of sp³-hybridized carbons (Fsp3) is 0.500. The highest BCUT2D eigenvalue weighted by Gasteiger charge is 2.36. The lowest BCUT2D eigenvalue weighted by atomic mass is 9.94. The van der Waals surface area contributed by atoms with Crippen LogP contribution in [0.5, 0.6) is 0 Å². The molecule has 1 saturated heterocycles. The van der Waals surface area contributed by atoms with E-state index in [1.54, 1.807) is 0 Å². The normalized spacial score (nSPS) is 18.9. The Bertz CT molecular complexity index is 588. The Labute approximate surface area is 134 Å². The molecule has 0 saturated carbocycles. The van der Waals surface area contributed by atoms with Crippen LogP contribution in [0.1, 0.15) is 12.8 Å². The molecule has 1 aliphatic heterocycles. The maximum Gasteiger partial charge on any atom is 0.244 e. The number of sulfonamides is 1. The fourth-order valence-corrected chi connectivity index (χ4v) is 4.80. The highest BCUT2D eigenvalue weighted by atomic mass is 79.9. The first-order chi connectivity index (χ1) is 9.38. The van der Waals surface area contributed by atoms with Gasteiger partial charge in [-0.05, 0) is 31.0 Å². The van der Waals surface area contributed by atoms with Gasteiger partial charge in [0.15, 0.2) is 0 Å². The lowest BCUT2D eigenvalue weighted by Crippen LogP contribution is -2.53. The second-order valence-electron chi connectivity index (χ2n) is 4.71. The molecular weight excluding hydrogens is 417 g/mol.